The molecule has 2 atom stereocenters. The predicted octanol–water partition coefficient (Wildman–Crippen LogP) is 4.12. The molecule has 20 heavy (non-hydrogen) atoms. The Kier molecular flexibility index (Phi) is 6.16. The number of hydrogen-bond donors (Lipinski definition) is 1. The fourth-order valence-electron chi connectivity index (χ4n) is 1.94. The Balaban J connectivity index is 2.56. The van der Waals surface area contributed by atoms with Crippen LogP contribution in [0.3, 0.4) is 0 Å². The van der Waals surface area contributed by atoms with Crippen LogP contribution in [0.2, 0.25) is 0 Å². The van der Waals surface area contributed by atoms with Crippen molar-refractivity contribution in [2.75, 3.05) is 0 Å². The van der Waals surface area contributed by atoms with Gasteiger partial charge in [-0.2, -0.15) is 0 Å². The Morgan fingerprint density at radius 2 is 1.85 bits per heavy atom. The summed E-state index contributed by atoms with van der Waals surface area (Å²) in [6.45, 7) is 8.70. The molecule has 0 aliphatic carbocycles. The average Bonchev–Trinajstić information content (AvgIpc) is 2.38. The largest absolute Gasteiger partial charge is 0.366 e. The number of primary amides is 1. The normalized spacial score (nSPS) is 14.0. The van der Waals surface area contributed by atoms with Crippen molar-refractivity contribution in [2.45, 2.75) is 34.1 Å². The number of nitrogens with zero attached hydrogens (tertiary/aromatic N) is 1. The molecule has 0 aliphatic heterocycles. The number of rotatable bonds is 6. The third-order valence-electron chi connectivity index (χ3n) is 3.36. The fourth-order valence-corrected chi connectivity index (χ4v) is 1.94. The van der Waals surface area contributed by atoms with E-state index in [2.05, 4.69) is 38.8 Å². The Bertz CT molecular complexity index is 496. The number of carbonyl (C=O) groups excluding carboxylic acids is 1. The Labute approximate surface area is 121 Å². The number of allylic oxidation sites excluding steroid dienone is 2. The summed E-state index contributed by atoms with van der Waals surface area (Å²) >= 11 is 0. The molecule has 0 saturated heterocycles. The molecule has 0 bridgehead atoms. The van der Waals surface area contributed by atoms with Gasteiger partial charge in [0.15, 0.2) is 0 Å². The topological polar surface area (TPSA) is 55.4 Å². The lowest BCUT2D eigenvalue weighted by Gasteiger charge is -2.14. The zero-order valence-electron chi connectivity index (χ0n) is 12.8. The minimum Gasteiger partial charge on any atom is -0.366 e. The second-order valence-corrected chi connectivity index (χ2v) is 5.54. The van der Waals surface area contributed by atoms with Crippen molar-refractivity contribution in [3.8, 4) is 0 Å². The molecule has 0 fully saturated rings. The minimum absolute atomic E-state index is 0.412. The number of benzene rings is 1. The number of carbonyl (C=O) groups is 1. The van der Waals surface area contributed by atoms with Gasteiger partial charge >= 0.3 is 0 Å². The Morgan fingerprint density at radius 1 is 1.25 bits per heavy atom. The van der Waals surface area contributed by atoms with Gasteiger partial charge in [-0.15, -0.1) is 0 Å². The van der Waals surface area contributed by atoms with Crippen LogP contribution in [-0.2, 0) is 0 Å². The Morgan fingerprint density at radius 3 is 2.35 bits per heavy atom. The van der Waals surface area contributed by atoms with Gasteiger partial charge in [0.05, 0.1) is 5.69 Å². The summed E-state index contributed by atoms with van der Waals surface area (Å²) in [5.74, 6) is 0.687. The van der Waals surface area contributed by atoms with E-state index in [4.69, 9.17) is 5.73 Å². The van der Waals surface area contributed by atoms with Crippen LogP contribution in [0, 0.1) is 11.8 Å². The molecule has 1 amide bonds. The van der Waals surface area contributed by atoms with E-state index >= 15 is 0 Å². The van der Waals surface area contributed by atoms with E-state index in [0.717, 1.165) is 12.1 Å². The van der Waals surface area contributed by atoms with Gasteiger partial charge in [0, 0.05) is 11.8 Å². The maximum atomic E-state index is 11.0. The first kappa shape index (κ1) is 16.2. The molecule has 0 aromatic heterocycles. The van der Waals surface area contributed by atoms with Crippen molar-refractivity contribution >= 4 is 17.8 Å². The van der Waals surface area contributed by atoms with Gasteiger partial charge in [-0.1, -0.05) is 25.5 Å². The lowest BCUT2D eigenvalue weighted by Crippen LogP contribution is -2.10. The molecular weight excluding hydrogens is 248 g/mol. The SMILES string of the molecule is CC(C)=C[C@@H](C)[C@H](C)CC=Nc1ccc(C(N)=O)cc1. The highest BCUT2D eigenvalue weighted by molar-refractivity contribution is 5.93. The van der Waals surface area contributed by atoms with E-state index in [-0.39, 0.29) is 0 Å². The van der Waals surface area contributed by atoms with E-state index in [1.165, 1.54) is 5.57 Å². The molecule has 0 spiro atoms. The molecule has 0 heterocycles. The third kappa shape index (κ3) is 5.39. The van der Waals surface area contributed by atoms with Gasteiger partial charge < -0.3 is 5.73 Å². The molecule has 3 nitrogen and oxygen atoms in total. The molecule has 0 radical (unpaired) electrons. The van der Waals surface area contributed by atoms with Crippen molar-refractivity contribution in [3.63, 3.8) is 0 Å². The maximum absolute atomic E-state index is 11.0. The van der Waals surface area contributed by atoms with E-state index in [9.17, 15) is 4.79 Å². The zero-order chi connectivity index (χ0) is 15.1. The minimum atomic E-state index is -0.412. The molecule has 0 aliphatic rings. The molecule has 3 heteroatoms. The van der Waals surface area contributed by atoms with Gasteiger partial charge in [-0.05, 0) is 56.4 Å². The van der Waals surface area contributed by atoms with Crippen LogP contribution in [-0.4, -0.2) is 12.1 Å². The number of aliphatic imine (C=N–C) groups is 1. The summed E-state index contributed by atoms with van der Waals surface area (Å²) in [5, 5.41) is 0. The number of amides is 1. The van der Waals surface area contributed by atoms with E-state index in [1.807, 2.05) is 6.21 Å². The molecule has 2 N–H and O–H groups in total. The van der Waals surface area contributed by atoms with Crippen molar-refractivity contribution in [1.29, 1.82) is 0 Å². The van der Waals surface area contributed by atoms with Gasteiger partial charge in [0.1, 0.15) is 0 Å². The van der Waals surface area contributed by atoms with Gasteiger partial charge in [0.25, 0.3) is 0 Å². The molecule has 1 rings (SSSR count). The van der Waals surface area contributed by atoms with Crippen LogP contribution >= 0.6 is 0 Å². The number of hydrogen-bond acceptors (Lipinski definition) is 2. The van der Waals surface area contributed by atoms with Crippen LogP contribution in [0.15, 0.2) is 40.9 Å². The summed E-state index contributed by atoms with van der Waals surface area (Å²) in [5.41, 5.74) is 7.90. The number of nitrogens with two attached hydrogens (primary N) is 1. The van der Waals surface area contributed by atoms with Crippen molar-refractivity contribution in [2.24, 2.45) is 22.6 Å². The van der Waals surface area contributed by atoms with Gasteiger partial charge in [-0.25, -0.2) is 0 Å². The van der Waals surface area contributed by atoms with Crippen LogP contribution in [0.4, 0.5) is 5.69 Å². The smallest absolute Gasteiger partial charge is 0.248 e. The predicted molar refractivity (Wildman–Crippen MR) is 85.5 cm³/mol. The van der Waals surface area contributed by atoms with Gasteiger partial charge in [-0.3, -0.25) is 9.79 Å². The summed E-state index contributed by atoms with van der Waals surface area (Å²) < 4.78 is 0. The zero-order valence-corrected chi connectivity index (χ0v) is 12.8. The molecule has 0 saturated carbocycles. The summed E-state index contributed by atoms with van der Waals surface area (Å²) in [7, 11) is 0. The van der Waals surface area contributed by atoms with E-state index in [0.29, 0.717) is 17.4 Å². The van der Waals surface area contributed by atoms with Crippen molar-refractivity contribution in [3.05, 3.63) is 41.5 Å². The lowest BCUT2D eigenvalue weighted by atomic mass is 9.92. The van der Waals surface area contributed by atoms with E-state index < -0.39 is 5.91 Å². The van der Waals surface area contributed by atoms with E-state index in [1.54, 1.807) is 24.3 Å². The fraction of sp³-hybridized carbons (Fsp3) is 0.412. The summed E-state index contributed by atoms with van der Waals surface area (Å²) in [6, 6.07) is 7.01. The second-order valence-electron chi connectivity index (χ2n) is 5.54. The third-order valence-corrected chi connectivity index (χ3v) is 3.36. The molecule has 1 aromatic carbocycles. The molecule has 1 aromatic rings. The maximum Gasteiger partial charge on any atom is 0.248 e. The van der Waals surface area contributed by atoms with Crippen molar-refractivity contribution < 1.29 is 4.79 Å². The highest BCUT2D eigenvalue weighted by Crippen LogP contribution is 2.18. The highest BCUT2D eigenvalue weighted by Gasteiger charge is 2.07. The summed E-state index contributed by atoms with van der Waals surface area (Å²) in [4.78, 5) is 15.4. The van der Waals surface area contributed by atoms with Crippen LogP contribution in [0.5, 0.6) is 0 Å². The van der Waals surface area contributed by atoms with Crippen molar-refractivity contribution in [1.82, 2.24) is 0 Å². The Hall–Kier alpha value is -1.90. The standard InChI is InChI=1S/C17H24N2O/c1-12(2)11-14(4)13(3)9-10-19-16-7-5-15(6-8-16)17(18)20/h5-8,10-11,13-14H,9H2,1-4H3,(H2,18,20)/t13-,14-/m1/s1. The first-order valence-electron chi connectivity index (χ1n) is 6.97. The quantitative estimate of drug-likeness (QED) is 0.614. The summed E-state index contributed by atoms with van der Waals surface area (Å²) in [6.07, 6.45) is 5.17. The average molecular weight is 272 g/mol. The van der Waals surface area contributed by atoms with Crippen LogP contribution in [0.25, 0.3) is 0 Å². The molecular formula is C17H24N2O. The van der Waals surface area contributed by atoms with Crippen LogP contribution in [0.1, 0.15) is 44.5 Å². The second kappa shape index (κ2) is 7.63. The van der Waals surface area contributed by atoms with Crippen LogP contribution < -0.4 is 5.73 Å². The molecule has 108 valence electrons. The first-order valence-corrected chi connectivity index (χ1v) is 6.97. The monoisotopic (exact) mass is 272 g/mol. The first-order chi connectivity index (χ1) is 9.40. The molecule has 0 unspecified atom stereocenters. The highest BCUT2D eigenvalue weighted by atomic mass is 16.1. The lowest BCUT2D eigenvalue weighted by molar-refractivity contribution is 0.100. The van der Waals surface area contributed by atoms with Gasteiger partial charge in [0.2, 0.25) is 5.91 Å².